The van der Waals surface area contributed by atoms with E-state index in [1.807, 2.05) is 12.1 Å². The topological polar surface area (TPSA) is 75.5 Å². The molecule has 1 saturated heterocycles. The van der Waals surface area contributed by atoms with Crippen molar-refractivity contribution in [2.75, 3.05) is 18.0 Å². The summed E-state index contributed by atoms with van der Waals surface area (Å²) >= 11 is 6.03. The summed E-state index contributed by atoms with van der Waals surface area (Å²) in [6.07, 6.45) is -2.08. The fraction of sp³-hybridized carbons (Fsp3) is 0.409. The third-order valence-electron chi connectivity index (χ3n) is 6.21. The molecule has 1 aliphatic heterocycles. The molecule has 4 rings (SSSR count). The largest absolute Gasteiger partial charge is 0.416 e. The summed E-state index contributed by atoms with van der Waals surface area (Å²) in [4.78, 5) is 25.1. The van der Waals surface area contributed by atoms with Crippen LogP contribution in [0.4, 0.5) is 24.5 Å². The molecule has 1 aliphatic carbocycles. The highest BCUT2D eigenvalue weighted by Gasteiger charge is 2.35. The zero-order valence-corrected chi connectivity index (χ0v) is 17.7. The maximum Gasteiger partial charge on any atom is 0.416 e. The van der Waals surface area contributed by atoms with Crippen molar-refractivity contribution in [1.29, 1.82) is 0 Å². The summed E-state index contributed by atoms with van der Waals surface area (Å²) in [5, 5.41) is 15.1. The monoisotopic (exact) mass is 467 g/mol. The molecule has 32 heavy (non-hydrogen) atoms. The average molecular weight is 468 g/mol. The predicted molar refractivity (Wildman–Crippen MR) is 114 cm³/mol. The number of benzene rings is 2. The Morgan fingerprint density at radius 3 is 2.50 bits per heavy atom. The van der Waals surface area contributed by atoms with E-state index in [0.29, 0.717) is 37.0 Å². The van der Waals surface area contributed by atoms with E-state index in [4.69, 9.17) is 11.6 Å². The first kappa shape index (κ1) is 22.4. The standard InChI is InChI=1S/C22H21ClF3N3O3/c23-16-3-4-17-14(11-16)1-5-18(17)27-21(30)13-7-9-28(10-8-13)19-6-2-15(22(24,25)26)12-20(19)29(31)32/h2-4,6,11-13,18H,1,5,7-10H2,(H,27,30). The van der Waals surface area contributed by atoms with Gasteiger partial charge in [-0.05, 0) is 61.1 Å². The van der Waals surface area contributed by atoms with E-state index in [1.165, 1.54) is 0 Å². The molecule has 0 saturated carbocycles. The minimum absolute atomic E-state index is 0.0659. The van der Waals surface area contributed by atoms with E-state index in [1.54, 1.807) is 11.0 Å². The lowest BCUT2D eigenvalue weighted by Gasteiger charge is -2.33. The van der Waals surface area contributed by atoms with Gasteiger partial charge >= 0.3 is 6.18 Å². The van der Waals surface area contributed by atoms with Crippen LogP contribution in [-0.2, 0) is 17.4 Å². The number of nitro benzene ring substituents is 1. The van der Waals surface area contributed by atoms with Crippen LogP contribution in [0.2, 0.25) is 5.02 Å². The zero-order chi connectivity index (χ0) is 23.0. The second kappa shape index (κ2) is 8.61. The summed E-state index contributed by atoms with van der Waals surface area (Å²) in [6.45, 7) is 0.697. The highest BCUT2D eigenvalue weighted by molar-refractivity contribution is 6.30. The van der Waals surface area contributed by atoms with Gasteiger partial charge in [0, 0.05) is 30.1 Å². The summed E-state index contributed by atoms with van der Waals surface area (Å²) in [5.74, 6) is -0.324. The number of alkyl halides is 3. The highest BCUT2D eigenvalue weighted by atomic mass is 35.5. The Morgan fingerprint density at radius 2 is 1.84 bits per heavy atom. The van der Waals surface area contributed by atoms with Crippen LogP contribution in [0.15, 0.2) is 36.4 Å². The van der Waals surface area contributed by atoms with Crippen molar-refractivity contribution in [2.45, 2.75) is 37.9 Å². The van der Waals surface area contributed by atoms with Gasteiger partial charge in [-0.3, -0.25) is 14.9 Å². The van der Waals surface area contributed by atoms with Crippen LogP contribution in [0.3, 0.4) is 0 Å². The fourth-order valence-electron chi connectivity index (χ4n) is 4.52. The smallest absolute Gasteiger partial charge is 0.366 e. The first-order chi connectivity index (χ1) is 15.1. The molecule has 0 radical (unpaired) electrons. The van der Waals surface area contributed by atoms with E-state index in [0.717, 1.165) is 36.1 Å². The minimum atomic E-state index is -4.65. The third-order valence-corrected chi connectivity index (χ3v) is 6.44. The molecule has 1 amide bonds. The van der Waals surface area contributed by atoms with Crippen molar-refractivity contribution < 1.29 is 22.9 Å². The van der Waals surface area contributed by atoms with E-state index in [9.17, 15) is 28.1 Å². The van der Waals surface area contributed by atoms with Gasteiger partial charge in [0.1, 0.15) is 5.69 Å². The molecular weight excluding hydrogens is 447 g/mol. The number of carbonyl (C=O) groups excluding carboxylic acids is 1. The SMILES string of the molecule is O=C(NC1CCc2cc(Cl)ccc21)C1CCN(c2ccc(C(F)(F)F)cc2[N+](=O)[O-])CC1. The maximum atomic E-state index is 12.9. The van der Waals surface area contributed by atoms with Crippen molar-refractivity contribution in [3.05, 3.63) is 68.2 Å². The van der Waals surface area contributed by atoms with Crippen LogP contribution >= 0.6 is 11.6 Å². The second-order valence-electron chi connectivity index (χ2n) is 8.16. The molecule has 1 N–H and O–H groups in total. The number of piperidine rings is 1. The highest BCUT2D eigenvalue weighted by Crippen LogP contribution is 2.38. The Hall–Kier alpha value is -2.81. The van der Waals surface area contributed by atoms with Crippen LogP contribution < -0.4 is 10.2 Å². The Bertz CT molecular complexity index is 1050. The molecule has 2 aromatic rings. The molecule has 0 aromatic heterocycles. The first-order valence-electron chi connectivity index (χ1n) is 10.3. The maximum absolute atomic E-state index is 12.9. The number of anilines is 1. The second-order valence-corrected chi connectivity index (χ2v) is 8.60. The fourth-order valence-corrected chi connectivity index (χ4v) is 4.72. The molecule has 1 unspecified atom stereocenters. The van der Waals surface area contributed by atoms with Crippen LogP contribution in [0.1, 0.15) is 42.0 Å². The molecule has 6 nitrogen and oxygen atoms in total. The van der Waals surface area contributed by atoms with Gasteiger partial charge in [-0.2, -0.15) is 13.2 Å². The predicted octanol–water partition coefficient (Wildman–Crippen LogP) is 5.29. The van der Waals surface area contributed by atoms with E-state index < -0.39 is 22.4 Å². The number of hydrogen-bond acceptors (Lipinski definition) is 4. The van der Waals surface area contributed by atoms with Crippen LogP contribution in [0, 0.1) is 16.0 Å². The summed E-state index contributed by atoms with van der Waals surface area (Å²) in [5.41, 5.74) is 0.709. The number of nitrogens with zero attached hydrogens (tertiary/aromatic N) is 2. The quantitative estimate of drug-likeness (QED) is 0.490. The number of halogens is 4. The first-order valence-corrected chi connectivity index (χ1v) is 10.7. The Morgan fingerprint density at radius 1 is 1.12 bits per heavy atom. The minimum Gasteiger partial charge on any atom is -0.366 e. The molecule has 1 fully saturated rings. The molecule has 0 bridgehead atoms. The van der Waals surface area contributed by atoms with Crippen molar-refractivity contribution in [1.82, 2.24) is 5.32 Å². The lowest BCUT2D eigenvalue weighted by molar-refractivity contribution is -0.384. The van der Waals surface area contributed by atoms with Gasteiger partial charge in [-0.25, -0.2) is 0 Å². The van der Waals surface area contributed by atoms with Gasteiger partial charge in [-0.1, -0.05) is 17.7 Å². The summed E-state index contributed by atoms with van der Waals surface area (Å²) < 4.78 is 38.8. The van der Waals surface area contributed by atoms with Crippen molar-refractivity contribution in [3.63, 3.8) is 0 Å². The number of fused-ring (bicyclic) bond motifs is 1. The number of hydrogen-bond donors (Lipinski definition) is 1. The molecular formula is C22H21ClF3N3O3. The van der Waals surface area contributed by atoms with Gasteiger partial charge in [0.05, 0.1) is 16.5 Å². The lowest BCUT2D eigenvalue weighted by atomic mass is 9.94. The normalized spacial score (nSPS) is 19.0. The molecule has 1 heterocycles. The summed E-state index contributed by atoms with van der Waals surface area (Å²) in [6, 6.07) is 8.15. The lowest BCUT2D eigenvalue weighted by Crippen LogP contribution is -2.41. The van der Waals surface area contributed by atoms with Crippen LogP contribution in [0.5, 0.6) is 0 Å². The number of amides is 1. The Kier molecular flexibility index (Phi) is 6.03. The number of nitro groups is 1. The van der Waals surface area contributed by atoms with E-state index >= 15 is 0 Å². The molecule has 170 valence electrons. The van der Waals surface area contributed by atoms with Crippen molar-refractivity contribution in [3.8, 4) is 0 Å². The molecule has 2 aliphatic rings. The number of rotatable bonds is 4. The zero-order valence-electron chi connectivity index (χ0n) is 17.0. The Balaban J connectivity index is 1.41. The average Bonchev–Trinajstić information content (AvgIpc) is 3.14. The summed E-state index contributed by atoms with van der Waals surface area (Å²) in [7, 11) is 0. The third kappa shape index (κ3) is 4.53. The van der Waals surface area contributed by atoms with Gasteiger partial charge in [0.2, 0.25) is 5.91 Å². The molecule has 2 aromatic carbocycles. The van der Waals surface area contributed by atoms with E-state index in [2.05, 4.69) is 5.32 Å². The van der Waals surface area contributed by atoms with Gasteiger partial charge in [0.15, 0.2) is 0 Å². The van der Waals surface area contributed by atoms with Gasteiger partial charge < -0.3 is 10.2 Å². The van der Waals surface area contributed by atoms with Gasteiger partial charge in [-0.15, -0.1) is 0 Å². The van der Waals surface area contributed by atoms with Crippen LogP contribution in [0.25, 0.3) is 0 Å². The van der Waals surface area contributed by atoms with Crippen molar-refractivity contribution in [2.24, 2.45) is 5.92 Å². The van der Waals surface area contributed by atoms with Crippen LogP contribution in [-0.4, -0.2) is 23.9 Å². The molecule has 10 heteroatoms. The molecule has 1 atom stereocenters. The number of carbonyl (C=O) groups is 1. The Labute approximate surface area is 187 Å². The van der Waals surface area contributed by atoms with Gasteiger partial charge in [0.25, 0.3) is 5.69 Å². The van der Waals surface area contributed by atoms with Crippen molar-refractivity contribution >= 4 is 28.9 Å². The number of aryl methyl sites for hydroxylation is 1. The molecule has 0 spiro atoms. The van der Waals surface area contributed by atoms with E-state index in [-0.39, 0.29) is 23.6 Å². The number of nitrogens with one attached hydrogen (secondary N) is 1.